The quantitative estimate of drug-likeness (QED) is 0.179. The molecule has 1 heterocycles. The fraction of sp³-hybridized carbons (Fsp3) is 0.111. The fourth-order valence-electron chi connectivity index (χ4n) is 5.44. The molecule has 44 heavy (non-hydrogen) atoms. The summed E-state index contributed by atoms with van der Waals surface area (Å²) in [5.41, 5.74) is 8.32. The second-order valence-electron chi connectivity index (χ2n) is 11.5. The van der Waals surface area contributed by atoms with Crippen LogP contribution < -0.4 is 0 Å². The van der Waals surface area contributed by atoms with Crippen LogP contribution in [0, 0.1) is 0 Å². The molecule has 4 atom stereocenters. The first-order chi connectivity index (χ1) is 21.0. The molecule has 4 nitrogen and oxygen atoms in total. The third kappa shape index (κ3) is 7.60. The Morgan fingerprint density at radius 3 is 1.11 bits per heavy atom. The number of hydrogen-bond donors (Lipinski definition) is 0. The van der Waals surface area contributed by atoms with Crippen LogP contribution in [-0.2, 0) is 16.5 Å². The average Bonchev–Trinajstić information content (AvgIpc) is 3.03. The van der Waals surface area contributed by atoms with Crippen LogP contribution in [0.2, 0.25) is 26.2 Å². The van der Waals surface area contributed by atoms with Crippen molar-refractivity contribution in [2.24, 2.45) is 0 Å². The van der Waals surface area contributed by atoms with E-state index in [0.29, 0.717) is 0 Å². The molecule has 1 saturated heterocycles. The van der Waals surface area contributed by atoms with Crippen LogP contribution in [0.3, 0.4) is 0 Å². The lowest BCUT2D eigenvalue weighted by Crippen LogP contribution is -2.67. The summed E-state index contributed by atoms with van der Waals surface area (Å²) in [4.78, 5) is 0. The van der Waals surface area contributed by atoms with Crippen LogP contribution in [0.4, 0.5) is 0 Å². The molecule has 0 aliphatic carbocycles. The van der Waals surface area contributed by atoms with E-state index in [1.54, 1.807) is 0 Å². The molecule has 0 radical (unpaired) electrons. The average molecular weight is 649 g/mol. The standard InChI is InChI=1S/C36H40O4Si4/c1-31(35-23-15-9-16-24-35)43(5)38-41(3,29-27-33-19-11-7-12-20-33)37-42(4,30-28-34-21-13-8-14-22-34)39-44(6,40-43)32(2)36-25-17-10-18-26-36/h7-30H,1-2H2,3-6H3/b29-27+,30-28+. The second-order valence-corrected chi connectivity index (χ2v) is 24.5. The maximum absolute atomic E-state index is 7.35. The van der Waals surface area contributed by atoms with Gasteiger partial charge in [0.1, 0.15) is 0 Å². The molecule has 1 aliphatic heterocycles. The van der Waals surface area contributed by atoms with E-state index in [9.17, 15) is 0 Å². The molecular weight excluding hydrogens is 609 g/mol. The third-order valence-electron chi connectivity index (χ3n) is 7.69. The molecule has 8 heteroatoms. The largest absolute Gasteiger partial charge is 0.410 e. The summed E-state index contributed by atoms with van der Waals surface area (Å²) in [7, 11) is -12.7. The Balaban J connectivity index is 1.64. The van der Waals surface area contributed by atoms with Gasteiger partial charge in [0.2, 0.25) is 0 Å². The molecule has 5 rings (SSSR count). The van der Waals surface area contributed by atoms with E-state index in [1.807, 2.05) is 72.8 Å². The highest BCUT2D eigenvalue weighted by molar-refractivity contribution is 7.05. The molecule has 0 amide bonds. The van der Waals surface area contributed by atoms with E-state index >= 15 is 0 Å². The van der Waals surface area contributed by atoms with Crippen molar-refractivity contribution in [2.45, 2.75) is 26.2 Å². The molecule has 0 aromatic heterocycles. The van der Waals surface area contributed by atoms with E-state index in [2.05, 4.69) is 111 Å². The zero-order valence-corrected chi connectivity index (χ0v) is 29.9. The number of rotatable bonds is 8. The van der Waals surface area contributed by atoms with Crippen molar-refractivity contribution in [1.29, 1.82) is 0 Å². The second kappa shape index (κ2) is 13.3. The first-order valence-corrected chi connectivity index (χ1v) is 24.2. The molecular formula is C36H40O4Si4. The molecule has 4 unspecified atom stereocenters. The van der Waals surface area contributed by atoms with Gasteiger partial charge < -0.3 is 16.5 Å². The minimum atomic E-state index is -3.25. The lowest BCUT2D eigenvalue weighted by atomic mass is 10.2. The molecule has 4 aromatic carbocycles. The van der Waals surface area contributed by atoms with Gasteiger partial charge in [-0.2, -0.15) is 0 Å². The normalized spacial score (nSPS) is 27.5. The molecule has 0 saturated carbocycles. The summed E-state index contributed by atoms with van der Waals surface area (Å²) in [6, 6.07) is 40.7. The molecule has 1 fully saturated rings. The summed E-state index contributed by atoms with van der Waals surface area (Å²) < 4.78 is 29.2. The van der Waals surface area contributed by atoms with Gasteiger partial charge in [-0.15, -0.1) is 0 Å². The van der Waals surface area contributed by atoms with Crippen molar-refractivity contribution >= 4 is 56.8 Å². The Labute approximate surface area is 266 Å². The maximum atomic E-state index is 7.35. The van der Waals surface area contributed by atoms with E-state index in [-0.39, 0.29) is 0 Å². The predicted molar refractivity (Wildman–Crippen MR) is 193 cm³/mol. The maximum Gasteiger partial charge on any atom is 0.352 e. The Kier molecular flexibility index (Phi) is 9.64. The van der Waals surface area contributed by atoms with Crippen molar-refractivity contribution in [2.75, 3.05) is 0 Å². The summed E-state index contributed by atoms with van der Waals surface area (Å²) in [6.07, 6.45) is 4.17. The van der Waals surface area contributed by atoms with E-state index < -0.39 is 34.2 Å². The van der Waals surface area contributed by atoms with Gasteiger partial charge >= 0.3 is 34.2 Å². The van der Waals surface area contributed by atoms with Crippen LogP contribution in [0.1, 0.15) is 22.3 Å². The first kappa shape index (κ1) is 32.0. The SMILES string of the molecule is C=C(c1ccccc1)[Si]1(C)O[Si](C)(/C=C/c2ccccc2)O[Si](C)(/C=C/c2ccccc2)O[Si](C)(C(=C)c2ccccc2)O1. The number of hydrogen-bond acceptors (Lipinski definition) is 4. The van der Waals surface area contributed by atoms with Crippen LogP contribution in [-0.4, -0.2) is 34.2 Å². The zero-order chi connectivity index (χ0) is 31.3. The Hall–Kier alpha value is -3.45. The first-order valence-electron chi connectivity index (χ1n) is 14.8. The summed E-state index contributed by atoms with van der Waals surface area (Å²) in [5, 5.41) is 1.67. The topological polar surface area (TPSA) is 36.9 Å². The minimum Gasteiger partial charge on any atom is -0.410 e. The van der Waals surface area contributed by atoms with E-state index in [4.69, 9.17) is 16.5 Å². The Bertz CT molecular complexity index is 1530. The molecule has 0 spiro atoms. The van der Waals surface area contributed by atoms with Crippen LogP contribution in [0.25, 0.3) is 22.5 Å². The third-order valence-corrected chi connectivity index (χ3v) is 24.7. The summed E-state index contributed by atoms with van der Waals surface area (Å²) in [6.45, 7) is 17.5. The molecule has 224 valence electrons. The minimum absolute atomic E-state index is 0.835. The van der Waals surface area contributed by atoms with Crippen molar-refractivity contribution < 1.29 is 16.5 Å². The van der Waals surface area contributed by atoms with Gasteiger partial charge in [-0.1, -0.05) is 147 Å². The van der Waals surface area contributed by atoms with Gasteiger partial charge in [-0.25, -0.2) is 0 Å². The van der Waals surface area contributed by atoms with Gasteiger partial charge in [-0.05, 0) is 70.2 Å². The van der Waals surface area contributed by atoms with Crippen molar-refractivity contribution in [3.05, 3.63) is 168 Å². The molecule has 0 N–H and O–H groups in total. The molecule has 0 bridgehead atoms. The van der Waals surface area contributed by atoms with E-state index in [0.717, 1.165) is 32.6 Å². The Morgan fingerprint density at radius 2 is 0.773 bits per heavy atom. The highest BCUT2D eigenvalue weighted by Crippen LogP contribution is 2.41. The monoisotopic (exact) mass is 648 g/mol. The van der Waals surface area contributed by atoms with E-state index in [1.165, 1.54) is 0 Å². The van der Waals surface area contributed by atoms with Crippen LogP contribution >= 0.6 is 0 Å². The highest BCUT2D eigenvalue weighted by atomic mass is 28.5. The summed E-state index contributed by atoms with van der Waals surface area (Å²) >= 11 is 0. The lowest BCUT2D eigenvalue weighted by Gasteiger charge is -2.49. The highest BCUT2D eigenvalue weighted by Gasteiger charge is 2.58. The lowest BCUT2D eigenvalue weighted by molar-refractivity contribution is 0.253. The van der Waals surface area contributed by atoms with Gasteiger partial charge in [0, 0.05) is 0 Å². The van der Waals surface area contributed by atoms with Gasteiger partial charge in [0.05, 0.1) is 0 Å². The van der Waals surface area contributed by atoms with Crippen LogP contribution in [0.5, 0.6) is 0 Å². The predicted octanol–water partition coefficient (Wildman–Crippen LogP) is 9.36. The van der Waals surface area contributed by atoms with Crippen LogP contribution in [0.15, 0.2) is 146 Å². The van der Waals surface area contributed by atoms with Gasteiger partial charge in [0.15, 0.2) is 0 Å². The molecule has 1 aliphatic rings. The molecule has 4 aromatic rings. The van der Waals surface area contributed by atoms with Gasteiger partial charge in [0.25, 0.3) is 0 Å². The smallest absolute Gasteiger partial charge is 0.352 e. The fourth-order valence-corrected chi connectivity index (χ4v) is 25.4. The number of benzene rings is 4. The van der Waals surface area contributed by atoms with Gasteiger partial charge in [-0.3, -0.25) is 0 Å². The van der Waals surface area contributed by atoms with Crippen molar-refractivity contribution in [3.63, 3.8) is 0 Å². The zero-order valence-electron chi connectivity index (χ0n) is 25.9. The summed E-state index contributed by atoms with van der Waals surface area (Å²) in [5.74, 6) is 0. The van der Waals surface area contributed by atoms with Crippen molar-refractivity contribution in [1.82, 2.24) is 0 Å². The van der Waals surface area contributed by atoms with Crippen molar-refractivity contribution in [3.8, 4) is 0 Å². The Morgan fingerprint density at radius 1 is 0.455 bits per heavy atom.